The zero-order valence-electron chi connectivity index (χ0n) is 14.5. The number of alkyl halides is 3. The fraction of sp³-hybridized carbons (Fsp3) is 0.500. The molecule has 25 heavy (non-hydrogen) atoms. The van der Waals surface area contributed by atoms with Gasteiger partial charge >= 0.3 is 6.18 Å². The molecule has 142 valence electrons. The number of amides is 1. The van der Waals surface area contributed by atoms with Gasteiger partial charge in [0.05, 0.1) is 5.56 Å². The second kappa shape index (κ2) is 11.2. The molecular formula is C16H24F3IN4O. The normalized spacial score (nSPS) is 11.5. The number of benzene rings is 1. The molecule has 2 N–H and O–H groups in total. The lowest BCUT2D eigenvalue weighted by Gasteiger charge is -2.14. The molecule has 1 aromatic rings. The Labute approximate surface area is 163 Å². The fourth-order valence-corrected chi connectivity index (χ4v) is 1.92. The summed E-state index contributed by atoms with van der Waals surface area (Å²) in [7, 11) is 5.00. The minimum atomic E-state index is -4.31. The number of carbonyl (C=O) groups is 1. The van der Waals surface area contributed by atoms with Gasteiger partial charge in [0.25, 0.3) is 0 Å². The van der Waals surface area contributed by atoms with E-state index in [1.807, 2.05) is 0 Å². The SMILES string of the molecule is CN=C(NCCC(=O)N(C)C)NCCc1ccc(C(F)(F)F)cc1.I. The van der Waals surface area contributed by atoms with Crippen LogP contribution >= 0.6 is 24.0 Å². The van der Waals surface area contributed by atoms with Crippen LogP contribution in [0, 0.1) is 0 Å². The summed E-state index contributed by atoms with van der Waals surface area (Å²) in [5, 5.41) is 6.07. The molecule has 0 bridgehead atoms. The van der Waals surface area contributed by atoms with Crippen molar-refractivity contribution in [1.82, 2.24) is 15.5 Å². The summed E-state index contributed by atoms with van der Waals surface area (Å²) in [6.45, 7) is 0.976. The van der Waals surface area contributed by atoms with Gasteiger partial charge in [0.2, 0.25) is 5.91 Å². The van der Waals surface area contributed by atoms with Gasteiger partial charge in [-0.25, -0.2) is 0 Å². The molecule has 0 aliphatic rings. The van der Waals surface area contributed by atoms with Crippen LogP contribution in [0.2, 0.25) is 0 Å². The van der Waals surface area contributed by atoms with E-state index in [4.69, 9.17) is 0 Å². The summed E-state index contributed by atoms with van der Waals surface area (Å²) in [6.07, 6.45) is -3.39. The Kier molecular flexibility index (Phi) is 10.5. The second-order valence-corrected chi connectivity index (χ2v) is 5.41. The third kappa shape index (κ3) is 8.94. The van der Waals surface area contributed by atoms with E-state index in [-0.39, 0.29) is 29.9 Å². The quantitative estimate of drug-likeness (QED) is 0.380. The van der Waals surface area contributed by atoms with E-state index in [1.54, 1.807) is 21.1 Å². The molecule has 0 heterocycles. The van der Waals surface area contributed by atoms with Crippen LogP contribution in [0.4, 0.5) is 13.2 Å². The van der Waals surface area contributed by atoms with Gasteiger partial charge < -0.3 is 15.5 Å². The summed E-state index contributed by atoms with van der Waals surface area (Å²) in [6, 6.07) is 5.09. The summed E-state index contributed by atoms with van der Waals surface area (Å²) >= 11 is 0. The third-order valence-electron chi connectivity index (χ3n) is 3.34. The van der Waals surface area contributed by atoms with E-state index in [1.165, 1.54) is 17.0 Å². The van der Waals surface area contributed by atoms with Crippen LogP contribution in [0.5, 0.6) is 0 Å². The first-order valence-corrected chi connectivity index (χ1v) is 7.55. The smallest absolute Gasteiger partial charge is 0.356 e. The number of nitrogens with one attached hydrogen (secondary N) is 2. The van der Waals surface area contributed by atoms with Crippen LogP contribution in [-0.2, 0) is 17.4 Å². The predicted octanol–water partition coefficient (Wildman–Crippen LogP) is 2.51. The first-order chi connectivity index (χ1) is 11.2. The van der Waals surface area contributed by atoms with Gasteiger partial charge in [-0.15, -0.1) is 24.0 Å². The van der Waals surface area contributed by atoms with E-state index in [9.17, 15) is 18.0 Å². The van der Waals surface area contributed by atoms with Crippen LogP contribution in [0.3, 0.4) is 0 Å². The number of rotatable bonds is 6. The Hall–Kier alpha value is -1.52. The van der Waals surface area contributed by atoms with E-state index in [2.05, 4.69) is 15.6 Å². The summed E-state index contributed by atoms with van der Waals surface area (Å²) in [5.74, 6) is 0.566. The highest BCUT2D eigenvalue weighted by atomic mass is 127. The zero-order chi connectivity index (χ0) is 18.2. The van der Waals surface area contributed by atoms with Crippen LogP contribution in [0.15, 0.2) is 29.3 Å². The molecule has 0 radical (unpaired) electrons. The van der Waals surface area contributed by atoms with Gasteiger partial charge in [-0.3, -0.25) is 9.79 Å². The number of nitrogens with zero attached hydrogens (tertiary/aromatic N) is 2. The summed E-state index contributed by atoms with van der Waals surface area (Å²) in [5.41, 5.74) is 0.149. The van der Waals surface area contributed by atoms with Crippen LogP contribution < -0.4 is 10.6 Å². The van der Waals surface area contributed by atoms with Crippen LogP contribution in [-0.4, -0.2) is 51.0 Å². The van der Waals surface area contributed by atoms with Crippen molar-refractivity contribution in [2.75, 3.05) is 34.2 Å². The van der Waals surface area contributed by atoms with Crippen molar-refractivity contribution in [1.29, 1.82) is 0 Å². The highest BCUT2D eigenvalue weighted by molar-refractivity contribution is 14.0. The third-order valence-corrected chi connectivity index (χ3v) is 3.34. The molecule has 1 aromatic carbocycles. The first-order valence-electron chi connectivity index (χ1n) is 7.55. The van der Waals surface area contributed by atoms with E-state index >= 15 is 0 Å². The monoisotopic (exact) mass is 472 g/mol. The second-order valence-electron chi connectivity index (χ2n) is 5.41. The van der Waals surface area contributed by atoms with Crippen molar-refractivity contribution in [2.45, 2.75) is 19.0 Å². The maximum absolute atomic E-state index is 12.5. The molecule has 0 aromatic heterocycles. The Balaban J connectivity index is 0.00000576. The van der Waals surface area contributed by atoms with Crippen molar-refractivity contribution < 1.29 is 18.0 Å². The van der Waals surface area contributed by atoms with Gasteiger partial charge in [0.15, 0.2) is 5.96 Å². The lowest BCUT2D eigenvalue weighted by Crippen LogP contribution is -2.40. The maximum atomic E-state index is 12.5. The lowest BCUT2D eigenvalue weighted by atomic mass is 10.1. The average Bonchev–Trinajstić information content (AvgIpc) is 2.52. The lowest BCUT2D eigenvalue weighted by molar-refractivity contribution is -0.137. The Morgan fingerprint density at radius 1 is 1.12 bits per heavy atom. The number of carbonyl (C=O) groups excluding carboxylic acids is 1. The number of guanidine groups is 1. The molecule has 0 spiro atoms. The Bertz CT molecular complexity index is 559. The van der Waals surface area contributed by atoms with Crippen molar-refractivity contribution in [2.24, 2.45) is 4.99 Å². The summed E-state index contributed by atoms with van der Waals surface area (Å²) in [4.78, 5) is 17.0. The van der Waals surface area contributed by atoms with E-state index in [0.29, 0.717) is 31.9 Å². The van der Waals surface area contributed by atoms with Gasteiger partial charge in [-0.2, -0.15) is 13.2 Å². The molecule has 1 amide bonds. The van der Waals surface area contributed by atoms with Gasteiger partial charge in [0.1, 0.15) is 0 Å². The molecule has 1 rings (SSSR count). The Morgan fingerprint density at radius 3 is 2.16 bits per heavy atom. The molecule has 0 saturated heterocycles. The van der Waals surface area contributed by atoms with Gasteiger partial charge in [-0.05, 0) is 24.1 Å². The molecular weight excluding hydrogens is 448 g/mol. The van der Waals surface area contributed by atoms with Crippen molar-refractivity contribution in [3.8, 4) is 0 Å². The number of hydrogen-bond donors (Lipinski definition) is 2. The fourth-order valence-electron chi connectivity index (χ4n) is 1.92. The molecule has 0 fully saturated rings. The van der Waals surface area contributed by atoms with E-state index in [0.717, 1.165) is 17.7 Å². The molecule has 5 nitrogen and oxygen atoms in total. The highest BCUT2D eigenvalue weighted by Gasteiger charge is 2.29. The summed E-state index contributed by atoms with van der Waals surface area (Å²) < 4.78 is 37.5. The molecule has 0 aliphatic heterocycles. The molecule has 9 heteroatoms. The molecule has 0 saturated carbocycles. The van der Waals surface area contributed by atoms with Crippen molar-refractivity contribution in [3.63, 3.8) is 0 Å². The Morgan fingerprint density at radius 2 is 1.68 bits per heavy atom. The number of hydrogen-bond acceptors (Lipinski definition) is 2. The van der Waals surface area contributed by atoms with E-state index < -0.39 is 11.7 Å². The highest BCUT2D eigenvalue weighted by Crippen LogP contribution is 2.29. The standard InChI is InChI=1S/C16H23F3N4O.HI/c1-20-15(22-11-9-14(24)23(2)3)21-10-8-12-4-6-13(7-5-12)16(17,18)19;/h4-7H,8-11H2,1-3H3,(H2,20,21,22);1H. The van der Waals surface area contributed by atoms with Crippen molar-refractivity contribution >= 4 is 35.8 Å². The predicted molar refractivity (Wildman–Crippen MR) is 103 cm³/mol. The molecule has 0 unspecified atom stereocenters. The largest absolute Gasteiger partial charge is 0.416 e. The number of aliphatic imine (C=N–C) groups is 1. The zero-order valence-corrected chi connectivity index (χ0v) is 16.8. The van der Waals surface area contributed by atoms with Gasteiger partial charge in [-0.1, -0.05) is 12.1 Å². The van der Waals surface area contributed by atoms with Crippen LogP contribution in [0.1, 0.15) is 17.5 Å². The first kappa shape index (κ1) is 23.5. The topological polar surface area (TPSA) is 56.7 Å². The average molecular weight is 472 g/mol. The van der Waals surface area contributed by atoms with Gasteiger partial charge in [0, 0.05) is 40.7 Å². The van der Waals surface area contributed by atoms with Crippen LogP contribution in [0.25, 0.3) is 0 Å². The minimum Gasteiger partial charge on any atom is -0.356 e. The maximum Gasteiger partial charge on any atom is 0.416 e. The number of halogens is 4. The molecule has 0 atom stereocenters. The van der Waals surface area contributed by atoms with Crippen molar-refractivity contribution in [3.05, 3.63) is 35.4 Å². The molecule has 0 aliphatic carbocycles. The minimum absolute atomic E-state index is 0.